The third kappa shape index (κ3) is 1.49. The van der Waals surface area contributed by atoms with Crippen molar-refractivity contribution in [3.8, 4) is 17.6 Å². The Labute approximate surface area is 76.5 Å². The van der Waals surface area contributed by atoms with Gasteiger partial charge in [0.15, 0.2) is 0 Å². The lowest BCUT2D eigenvalue weighted by atomic mass is 10.1. The second-order valence-electron chi connectivity index (χ2n) is 2.37. The molecule has 4 nitrogen and oxygen atoms in total. The summed E-state index contributed by atoms with van der Waals surface area (Å²) in [5.41, 5.74) is 6.27. The molecule has 4 heteroatoms. The molecule has 0 aliphatic heterocycles. The van der Waals surface area contributed by atoms with Gasteiger partial charge < -0.3 is 15.2 Å². The van der Waals surface area contributed by atoms with Gasteiger partial charge in [-0.25, -0.2) is 0 Å². The molecule has 1 aromatic carbocycles. The molecule has 0 amide bonds. The standard InChI is InChI=1S/C9H10N2O2/c1-12-7-3-4-8(13-2)9(11)6(7)5-10/h3-4H,11H2,1-2H3. The summed E-state index contributed by atoms with van der Waals surface area (Å²) in [4.78, 5) is 0. The number of nitrogens with two attached hydrogens (primary N) is 1. The van der Waals surface area contributed by atoms with Crippen molar-refractivity contribution in [2.75, 3.05) is 20.0 Å². The Bertz CT molecular complexity index is 355. The van der Waals surface area contributed by atoms with Crippen LogP contribution in [0.15, 0.2) is 12.1 Å². The van der Waals surface area contributed by atoms with Gasteiger partial charge in [-0.1, -0.05) is 0 Å². The smallest absolute Gasteiger partial charge is 0.143 e. The molecule has 0 radical (unpaired) electrons. The Hall–Kier alpha value is -1.89. The fraction of sp³-hybridized carbons (Fsp3) is 0.222. The highest BCUT2D eigenvalue weighted by Crippen LogP contribution is 2.31. The molecule has 0 heterocycles. The van der Waals surface area contributed by atoms with Gasteiger partial charge in [-0.2, -0.15) is 5.26 Å². The van der Waals surface area contributed by atoms with Crippen LogP contribution in [0.2, 0.25) is 0 Å². The van der Waals surface area contributed by atoms with E-state index in [0.29, 0.717) is 22.7 Å². The minimum Gasteiger partial charge on any atom is -0.495 e. The molecule has 0 spiro atoms. The number of hydrogen-bond acceptors (Lipinski definition) is 4. The first-order valence-corrected chi connectivity index (χ1v) is 3.65. The van der Waals surface area contributed by atoms with Gasteiger partial charge >= 0.3 is 0 Å². The SMILES string of the molecule is COc1ccc(OC)c(C#N)c1N. The maximum Gasteiger partial charge on any atom is 0.143 e. The molecule has 0 saturated heterocycles. The molecule has 0 fully saturated rings. The van der Waals surface area contributed by atoms with Gasteiger partial charge in [0.25, 0.3) is 0 Å². The van der Waals surface area contributed by atoms with E-state index in [-0.39, 0.29) is 0 Å². The first-order chi connectivity index (χ1) is 6.24. The van der Waals surface area contributed by atoms with Gasteiger partial charge in [0.1, 0.15) is 23.1 Å². The highest BCUT2D eigenvalue weighted by Gasteiger charge is 2.10. The predicted molar refractivity (Wildman–Crippen MR) is 48.7 cm³/mol. The molecule has 1 rings (SSSR count). The largest absolute Gasteiger partial charge is 0.495 e. The van der Waals surface area contributed by atoms with Crippen molar-refractivity contribution in [2.45, 2.75) is 0 Å². The summed E-state index contributed by atoms with van der Waals surface area (Å²) in [6.07, 6.45) is 0. The van der Waals surface area contributed by atoms with Crippen LogP contribution in [-0.2, 0) is 0 Å². The number of anilines is 1. The van der Waals surface area contributed by atoms with Gasteiger partial charge in [-0.3, -0.25) is 0 Å². The fourth-order valence-electron chi connectivity index (χ4n) is 1.04. The van der Waals surface area contributed by atoms with E-state index < -0.39 is 0 Å². The number of rotatable bonds is 2. The fourth-order valence-corrected chi connectivity index (χ4v) is 1.04. The second-order valence-corrected chi connectivity index (χ2v) is 2.37. The minimum absolute atomic E-state index is 0.307. The summed E-state index contributed by atoms with van der Waals surface area (Å²) in [6.45, 7) is 0. The van der Waals surface area contributed by atoms with E-state index in [9.17, 15) is 0 Å². The van der Waals surface area contributed by atoms with E-state index in [1.54, 1.807) is 12.1 Å². The zero-order chi connectivity index (χ0) is 9.84. The van der Waals surface area contributed by atoms with Crippen LogP contribution in [-0.4, -0.2) is 14.2 Å². The topological polar surface area (TPSA) is 68.3 Å². The van der Waals surface area contributed by atoms with E-state index >= 15 is 0 Å². The molecule has 1 aromatic rings. The number of benzene rings is 1. The number of nitrogens with zero attached hydrogens (tertiary/aromatic N) is 1. The van der Waals surface area contributed by atoms with E-state index in [4.69, 9.17) is 20.5 Å². The Morgan fingerprint density at radius 3 is 2.23 bits per heavy atom. The molecule has 0 aromatic heterocycles. The number of ether oxygens (including phenoxy) is 2. The second kappa shape index (κ2) is 3.68. The first kappa shape index (κ1) is 9.20. The lowest BCUT2D eigenvalue weighted by Gasteiger charge is -2.08. The van der Waals surface area contributed by atoms with E-state index in [1.165, 1.54) is 14.2 Å². The van der Waals surface area contributed by atoms with Crippen molar-refractivity contribution in [2.24, 2.45) is 0 Å². The summed E-state index contributed by atoms with van der Waals surface area (Å²) in [5.74, 6) is 0.943. The molecule has 0 saturated carbocycles. The van der Waals surface area contributed by atoms with E-state index in [1.807, 2.05) is 6.07 Å². The molecule has 0 aliphatic carbocycles. The number of hydrogen-bond donors (Lipinski definition) is 1. The monoisotopic (exact) mass is 178 g/mol. The van der Waals surface area contributed by atoms with Crippen LogP contribution in [0.1, 0.15) is 5.56 Å². The van der Waals surface area contributed by atoms with Gasteiger partial charge in [0.2, 0.25) is 0 Å². The quantitative estimate of drug-likeness (QED) is 0.690. The van der Waals surface area contributed by atoms with Crippen LogP contribution in [0.5, 0.6) is 11.5 Å². The normalized spacial score (nSPS) is 9.00. The highest BCUT2D eigenvalue weighted by molar-refractivity contribution is 5.68. The van der Waals surface area contributed by atoms with Crippen molar-refractivity contribution in [3.05, 3.63) is 17.7 Å². The molecule has 0 unspecified atom stereocenters. The Kier molecular flexibility index (Phi) is 2.60. The molecule has 0 atom stereocenters. The van der Waals surface area contributed by atoms with Crippen molar-refractivity contribution in [1.29, 1.82) is 5.26 Å². The molecule has 68 valence electrons. The number of nitrogen functional groups attached to an aromatic ring is 1. The Morgan fingerprint density at radius 1 is 1.23 bits per heavy atom. The molecule has 0 bridgehead atoms. The van der Waals surface area contributed by atoms with Crippen LogP contribution >= 0.6 is 0 Å². The van der Waals surface area contributed by atoms with E-state index in [2.05, 4.69) is 0 Å². The van der Waals surface area contributed by atoms with Crippen LogP contribution < -0.4 is 15.2 Å². The minimum atomic E-state index is 0.307. The molecule has 0 aliphatic rings. The number of nitriles is 1. The average Bonchev–Trinajstić information content (AvgIpc) is 2.17. The molecule has 2 N–H and O–H groups in total. The first-order valence-electron chi connectivity index (χ1n) is 3.65. The number of methoxy groups -OCH3 is 2. The maximum atomic E-state index is 8.78. The van der Waals surface area contributed by atoms with Crippen LogP contribution in [0, 0.1) is 11.3 Å². The van der Waals surface area contributed by atoms with Gasteiger partial charge in [0.05, 0.1) is 19.9 Å². The maximum absolute atomic E-state index is 8.78. The zero-order valence-electron chi connectivity index (χ0n) is 7.50. The summed E-state index contributed by atoms with van der Waals surface area (Å²) in [6, 6.07) is 5.27. The lowest BCUT2D eigenvalue weighted by molar-refractivity contribution is 0.404. The summed E-state index contributed by atoms with van der Waals surface area (Å²) < 4.78 is 9.91. The Morgan fingerprint density at radius 2 is 1.77 bits per heavy atom. The zero-order valence-corrected chi connectivity index (χ0v) is 7.50. The lowest BCUT2D eigenvalue weighted by Crippen LogP contribution is -1.98. The van der Waals surface area contributed by atoms with Crippen LogP contribution in [0.3, 0.4) is 0 Å². The van der Waals surface area contributed by atoms with Crippen LogP contribution in [0.4, 0.5) is 5.69 Å². The molecular weight excluding hydrogens is 168 g/mol. The van der Waals surface area contributed by atoms with Gasteiger partial charge in [-0.05, 0) is 12.1 Å². The average molecular weight is 178 g/mol. The Balaban J connectivity index is 3.34. The molecular formula is C9H10N2O2. The summed E-state index contributed by atoms with van der Waals surface area (Å²) >= 11 is 0. The third-order valence-corrected chi connectivity index (χ3v) is 1.72. The van der Waals surface area contributed by atoms with Crippen molar-refractivity contribution in [1.82, 2.24) is 0 Å². The predicted octanol–water partition coefficient (Wildman–Crippen LogP) is 1.16. The summed E-state index contributed by atoms with van der Waals surface area (Å²) in [5, 5.41) is 8.78. The third-order valence-electron chi connectivity index (χ3n) is 1.72. The molecule has 13 heavy (non-hydrogen) atoms. The van der Waals surface area contributed by atoms with Gasteiger partial charge in [-0.15, -0.1) is 0 Å². The van der Waals surface area contributed by atoms with Crippen molar-refractivity contribution < 1.29 is 9.47 Å². The van der Waals surface area contributed by atoms with Crippen molar-refractivity contribution >= 4 is 5.69 Å². The van der Waals surface area contributed by atoms with E-state index in [0.717, 1.165) is 0 Å². The highest BCUT2D eigenvalue weighted by atomic mass is 16.5. The van der Waals surface area contributed by atoms with Gasteiger partial charge in [0, 0.05) is 0 Å². The summed E-state index contributed by atoms with van der Waals surface area (Å²) in [7, 11) is 2.99. The van der Waals surface area contributed by atoms with Crippen molar-refractivity contribution in [3.63, 3.8) is 0 Å². The van der Waals surface area contributed by atoms with Crippen LogP contribution in [0.25, 0.3) is 0 Å².